The van der Waals surface area contributed by atoms with Crippen molar-refractivity contribution in [3.8, 4) is 0 Å². The molecule has 5 heteroatoms. The molecular formula is C9H19NO4. The number of aliphatic carboxylic acids is 1. The van der Waals surface area contributed by atoms with Crippen LogP contribution in [0, 0.1) is 0 Å². The first-order valence-corrected chi connectivity index (χ1v) is 4.78. The van der Waals surface area contributed by atoms with E-state index in [1.165, 1.54) is 0 Å². The Labute approximate surface area is 84.4 Å². The molecule has 0 saturated carbocycles. The highest BCUT2D eigenvalue weighted by Crippen LogP contribution is 1.87. The Morgan fingerprint density at radius 3 is 2.50 bits per heavy atom. The summed E-state index contributed by atoms with van der Waals surface area (Å²) in [6, 6.07) is -0.638. The number of rotatable bonds is 9. The molecule has 1 unspecified atom stereocenters. The van der Waals surface area contributed by atoms with Crippen LogP contribution in [0.15, 0.2) is 0 Å². The van der Waals surface area contributed by atoms with Gasteiger partial charge in [-0.15, -0.1) is 0 Å². The van der Waals surface area contributed by atoms with Gasteiger partial charge in [-0.3, -0.25) is 4.79 Å². The predicted molar refractivity (Wildman–Crippen MR) is 52.4 cm³/mol. The van der Waals surface area contributed by atoms with E-state index in [0.717, 1.165) is 13.0 Å². The van der Waals surface area contributed by atoms with Crippen molar-refractivity contribution in [3.63, 3.8) is 0 Å². The smallest absolute Gasteiger partial charge is 0.323 e. The van der Waals surface area contributed by atoms with E-state index in [1.807, 2.05) is 6.92 Å². The number of carbonyl (C=O) groups is 1. The van der Waals surface area contributed by atoms with Crippen LogP contribution in [-0.4, -0.2) is 50.6 Å². The SMILES string of the molecule is CCCOCCOCC(NC)C(=O)O. The van der Waals surface area contributed by atoms with Gasteiger partial charge in [0.25, 0.3) is 0 Å². The molecule has 0 spiro atoms. The molecule has 0 aromatic rings. The monoisotopic (exact) mass is 205 g/mol. The summed E-state index contributed by atoms with van der Waals surface area (Å²) in [5.41, 5.74) is 0. The standard InChI is InChI=1S/C9H19NO4/c1-3-4-13-5-6-14-7-8(10-2)9(11)12/h8,10H,3-7H2,1-2H3,(H,11,12). The van der Waals surface area contributed by atoms with Crippen molar-refractivity contribution >= 4 is 5.97 Å². The average Bonchev–Trinajstić information content (AvgIpc) is 2.16. The molecule has 84 valence electrons. The summed E-state index contributed by atoms with van der Waals surface area (Å²) < 4.78 is 10.3. The molecule has 0 aliphatic heterocycles. The van der Waals surface area contributed by atoms with E-state index in [2.05, 4.69) is 5.32 Å². The van der Waals surface area contributed by atoms with Gasteiger partial charge in [-0.25, -0.2) is 0 Å². The summed E-state index contributed by atoms with van der Waals surface area (Å²) in [6.07, 6.45) is 0.980. The maximum atomic E-state index is 10.5. The molecule has 0 radical (unpaired) electrons. The number of carboxylic acids is 1. The lowest BCUT2D eigenvalue weighted by Crippen LogP contribution is -2.38. The van der Waals surface area contributed by atoms with Crippen LogP contribution in [-0.2, 0) is 14.3 Å². The van der Waals surface area contributed by atoms with Crippen molar-refractivity contribution in [3.05, 3.63) is 0 Å². The van der Waals surface area contributed by atoms with E-state index in [4.69, 9.17) is 14.6 Å². The molecule has 0 bridgehead atoms. The normalized spacial score (nSPS) is 12.7. The molecule has 0 aromatic heterocycles. The summed E-state index contributed by atoms with van der Waals surface area (Å²) in [5, 5.41) is 11.3. The molecule has 5 nitrogen and oxygen atoms in total. The van der Waals surface area contributed by atoms with Crippen molar-refractivity contribution in [1.29, 1.82) is 0 Å². The minimum absolute atomic E-state index is 0.168. The molecule has 1 atom stereocenters. The van der Waals surface area contributed by atoms with E-state index in [9.17, 15) is 4.79 Å². The number of carboxylic acid groups (broad SMARTS) is 1. The second-order valence-electron chi connectivity index (χ2n) is 2.87. The van der Waals surface area contributed by atoms with Crippen LogP contribution in [0.5, 0.6) is 0 Å². The molecule has 2 N–H and O–H groups in total. The lowest BCUT2D eigenvalue weighted by molar-refractivity contribution is -0.141. The molecule has 0 aromatic carbocycles. The summed E-state index contributed by atoms with van der Waals surface area (Å²) in [5.74, 6) is -0.901. The molecular weight excluding hydrogens is 186 g/mol. The predicted octanol–water partition coefficient (Wildman–Crippen LogP) is 0.102. The van der Waals surface area contributed by atoms with Crippen LogP contribution in [0.4, 0.5) is 0 Å². The number of likely N-dealkylation sites (N-methyl/N-ethyl adjacent to an activating group) is 1. The van der Waals surface area contributed by atoms with E-state index in [1.54, 1.807) is 7.05 Å². The van der Waals surface area contributed by atoms with Gasteiger partial charge in [-0.2, -0.15) is 0 Å². The quantitative estimate of drug-likeness (QED) is 0.523. The molecule has 0 heterocycles. The zero-order valence-electron chi connectivity index (χ0n) is 8.78. The molecule has 0 amide bonds. The highest BCUT2D eigenvalue weighted by molar-refractivity contribution is 5.73. The van der Waals surface area contributed by atoms with Crippen LogP contribution < -0.4 is 5.32 Å². The summed E-state index contributed by atoms with van der Waals surface area (Å²) >= 11 is 0. The van der Waals surface area contributed by atoms with Gasteiger partial charge in [0.2, 0.25) is 0 Å². The minimum Gasteiger partial charge on any atom is -0.480 e. The van der Waals surface area contributed by atoms with E-state index >= 15 is 0 Å². The Kier molecular flexibility index (Phi) is 8.51. The third-order valence-electron chi connectivity index (χ3n) is 1.65. The molecule has 14 heavy (non-hydrogen) atoms. The minimum atomic E-state index is -0.901. The van der Waals surface area contributed by atoms with E-state index in [-0.39, 0.29) is 6.61 Å². The molecule has 0 rings (SSSR count). The van der Waals surface area contributed by atoms with Crippen LogP contribution in [0.2, 0.25) is 0 Å². The third-order valence-corrected chi connectivity index (χ3v) is 1.65. The lowest BCUT2D eigenvalue weighted by atomic mass is 10.3. The summed E-state index contributed by atoms with van der Waals surface area (Å²) in [6.45, 7) is 3.87. The molecule has 0 fully saturated rings. The van der Waals surface area contributed by atoms with Gasteiger partial charge >= 0.3 is 5.97 Å². The van der Waals surface area contributed by atoms with Gasteiger partial charge in [0, 0.05) is 6.61 Å². The maximum absolute atomic E-state index is 10.5. The summed E-state index contributed by atoms with van der Waals surface area (Å²) in [7, 11) is 1.59. The zero-order chi connectivity index (χ0) is 10.8. The van der Waals surface area contributed by atoms with Gasteiger partial charge in [0.15, 0.2) is 0 Å². The highest BCUT2D eigenvalue weighted by Gasteiger charge is 2.13. The van der Waals surface area contributed by atoms with Crippen molar-refractivity contribution in [2.24, 2.45) is 0 Å². The third kappa shape index (κ3) is 6.82. The lowest BCUT2D eigenvalue weighted by Gasteiger charge is -2.11. The van der Waals surface area contributed by atoms with E-state index < -0.39 is 12.0 Å². The fourth-order valence-corrected chi connectivity index (χ4v) is 0.844. The first-order valence-electron chi connectivity index (χ1n) is 4.78. The Morgan fingerprint density at radius 1 is 1.36 bits per heavy atom. The van der Waals surface area contributed by atoms with Crippen LogP contribution >= 0.6 is 0 Å². The zero-order valence-corrected chi connectivity index (χ0v) is 8.78. The first-order chi connectivity index (χ1) is 6.72. The Morgan fingerprint density at radius 2 is 2.00 bits per heavy atom. The van der Waals surface area contributed by atoms with Crippen molar-refractivity contribution < 1.29 is 19.4 Å². The Hall–Kier alpha value is -0.650. The fourth-order valence-electron chi connectivity index (χ4n) is 0.844. The molecule has 0 aliphatic rings. The maximum Gasteiger partial charge on any atom is 0.323 e. The Bertz CT molecular complexity index is 152. The molecule has 0 aliphatic carbocycles. The van der Waals surface area contributed by atoms with E-state index in [0.29, 0.717) is 13.2 Å². The largest absolute Gasteiger partial charge is 0.480 e. The second kappa shape index (κ2) is 8.93. The van der Waals surface area contributed by atoms with Gasteiger partial charge in [0.05, 0.1) is 19.8 Å². The second-order valence-corrected chi connectivity index (χ2v) is 2.87. The van der Waals surface area contributed by atoms with Crippen molar-refractivity contribution in [2.75, 3.05) is 33.5 Å². The number of nitrogens with one attached hydrogen (secondary N) is 1. The highest BCUT2D eigenvalue weighted by atomic mass is 16.5. The van der Waals surface area contributed by atoms with Gasteiger partial charge in [-0.1, -0.05) is 6.92 Å². The van der Waals surface area contributed by atoms with Gasteiger partial charge in [-0.05, 0) is 13.5 Å². The van der Waals surface area contributed by atoms with Gasteiger partial charge in [0.1, 0.15) is 6.04 Å². The van der Waals surface area contributed by atoms with Gasteiger partial charge < -0.3 is 19.9 Å². The Balaban J connectivity index is 3.29. The summed E-state index contributed by atoms with van der Waals surface area (Å²) in [4.78, 5) is 10.5. The van der Waals surface area contributed by atoms with Crippen LogP contribution in [0.1, 0.15) is 13.3 Å². The van der Waals surface area contributed by atoms with Crippen LogP contribution in [0.3, 0.4) is 0 Å². The van der Waals surface area contributed by atoms with Crippen molar-refractivity contribution in [1.82, 2.24) is 5.32 Å². The number of hydrogen-bond acceptors (Lipinski definition) is 4. The fraction of sp³-hybridized carbons (Fsp3) is 0.889. The molecule has 0 saturated heterocycles. The number of ether oxygens (including phenoxy) is 2. The first kappa shape index (κ1) is 13.4. The van der Waals surface area contributed by atoms with Crippen molar-refractivity contribution in [2.45, 2.75) is 19.4 Å². The number of hydrogen-bond donors (Lipinski definition) is 2. The topological polar surface area (TPSA) is 67.8 Å². The van der Waals surface area contributed by atoms with Crippen LogP contribution in [0.25, 0.3) is 0 Å². The average molecular weight is 205 g/mol.